The van der Waals surface area contributed by atoms with Crippen molar-refractivity contribution in [2.75, 3.05) is 7.11 Å². The van der Waals surface area contributed by atoms with Gasteiger partial charge in [-0.2, -0.15) is 0 Å². The molecule has 0 unspecified atom stereocenters. The van der Waals surface area contributed by atoms with E-state index in [1.165, 1.54) is 6.33 Å². The van der Waals surface area contributed by atoms with Gasteiger partial charge in [0.25, 0.3) is 0 Å². The van der Waals surface area contributed by atoms with Crippen LogP contribution in [0.4, 0.5) is 0 Å². The van der Waals surface area contributed by atoms with Crippen LogP contribution in [0.3, 0.4) is 0 Å². The average Bonchev–Trinajstić information content (AvgIpc) is 2.38. The molecule has 0 saturated carbocycles. The topological polar surface area (TPSA) is 52.1 Å². The summed E-state index contributed by atoms with van der Waals surface area (Å²) < 4.78 is 5.98. The lowest BCUT2D eigenvalue weighted by Gasteiger charge is -2.05. The largest absolute Gasteiger partial charge is 0.496 e. The summed E-state index contributed by atoms with van der Waals surface area (Å²) in [5.41, 5.74) is 1.95. The first kappa shape index (κ1) is 11.7. The third-order valence-corrected chi connectivity index (χ3v) is 2.88. The van der Waals surface area contributed by atoms with E-state index in [2.05, 4.69) is 25.9 Å². The van der Waals surface area contributed by atoms with Crippen LogP contribution in [0, 0.1) is 0 Å². The highest BCUT2D eigenvalue weighted by Crippen LogP contribution is 2.29. The van der Waals surface area contributed by atoms with Crippen LogP contribution in [0.15, 0.2) is 35.1 Å². The van der Waals surface area contributed by atoms with E-state index in [0.29, 0.717) is 17.7 Å². The Morgan fingerprint density at radius 3 is 2.76 bits per heavy atom. The van der Waals surface area contributed by atoms with Crippen LogP contribution in [0.25, 0.3) is 11.3 Å². The van der Waals surface area contributed by atoms with Crippen LogP contribution in [-0.2, 0) is 0 Å². The van der Waals surface area contributed by atoms with E-state index in [1.807, 2.05) is 18.2 Å². The first-order valence-corrected chi connectivity index (χ1v) is 5.65. The molecule has 1 heterocycles. The summed E-state index contributed by atoms with van der Waals surface area (Å²) in [4.78, 5) is 18.6. The Labute approximate surface area is 107 Å². The normalized spacial score (nSPS) is 10.0. The van der Waals surface area contributed by atoms with Gasteiger partial charge in [-0.3, -0.25) is 4.79 Å². The number of methoxy groups -OCH3 is 1. The molecule has 0 fully saturated rings. The number of benzene rings is 1. The first-order valence-electron chi connectivity index (χ1n) is 4.85. The maximum Gasteiger partial charge on any atom is 0.168 e. The highest BCUT2D eigenvalue weighted by Gasteiger charge is 2.05. The molecule has 0 aliphatic carbocycles. The third-order valence-electron chi connectivity index (χ3n) is 2.26. The van der Waals surface area contributed by atoms with E-state index in [0.717, 1.165) is 15.8 Å². The minimum atomic E-state index is 0.363. The van der Waals surface area contributed by atoms with Crippen molar-refractivity contribution in [3.63, 3.8) is 0 Å². The van der Waals surface area contributed by atoms with Crippen molar-refractivity contribution in [1.82, 2.24) is 9.97 Å². The van der Waals surface area contributed by atoms with E-state index < -0.39 is 0 Å². The quantitative estimate of drug-likeness (QED) is 0.816. The van der Waals surface area contributed by atoms with Crippen LogP contribution in [-0.4, -0.2) is 23.4 Å². The maximum absolute atomic E-state index is 10.6. The van der Waals surface area contributed by atoms with Crippen molar-refractivity contribution in [3.05, 3.63) is 40.8 Å². The second-order valence-corrected chi connectivity index (χ2v) is 4.15. The van der Waals surface area contributed by atoms with Crippen LogP contribution >= 0.6 is 15.9 Å². The Morgan fingerprint density at radius 1 is 1.29 bits per heavy atom. The highest BCUT2D eigenvalue weighted by molar-refractivity contribution is 9.10. The smallest absolute Gasteiger partial charge is 0.168 e. The van der Waals surface area contributed by atoms with Gasteiger partial charge >= 0.3 is 0 Å². The fraction of sp³-hybridized carbons (Fsp3) is 0.0833. The van der Waals surface area contributed by atoms with Crippen LogP contribution in [0.5, 0.6) is 5.75 Å². The van der Waals surface area contributed by atoms with Crippen LogP contribution in [0.2, 0.25) is 0 Å². The first-order chi connectivity index (χ1) is 8.24. The van der Waals surface area contributed by atoms with Crippen LogP contribution < -0.4 is 4.74 Å². The van der Waals surface area contributed by atoms with Gasteiger partial charge in [0.05, 0.1) is 17.3 Å². The Kier molecular flexibility index (Phi) is 3.49. The number of aldehydes is 1. The molecule has 0 aliphatic rings. The number of hydrogen-bond donors (Lipinski definition) is 0. The summed E-state index contributed by atoms with van der Waals surface area (Å²) >= 11 is 3.40. The molecule has 17 heavy (non-hydrogen) atoms. The van der Waals surface area contributed by atoms with Gasteiger partial charge in [0.15, 0.2) is 6.29 Å². The van der Waals surface area contributed by atoms with E-state index >= 15 is 0 Å². The molecule has 5 heteroatoms. The molecule has 0 N–H and O–H groups in total. The van der Waals surface area contributed by atoms with Gasteiger partial charge in [-0.25, -0.2) is 9.97 Å². The lowest BCUT2D eigenvalue weighted by molar-refractivity contribution is 0.111. The number of rotatable bonds is 3. The summed E-state index contributed by atoms with van der Waals surface area (Å²) in [6, 6.07) is 7.24. The average molecular weight is 293 g/mol. The van der Waals surface area contributed by atoms with Gasteiger partial charge < -0.3 is 4.74 Å². The number of ether oxygens (including phenoxy) is 1. The summed E-state index contributed by atoms with van der Waals surface area (Å²) in [5.74, 6) is 0.749. The molecule has 2 rings (SSSR count). The zero-order valence-electron chi connectivity index (χ0n) is 9.05. The van der Waals surface area contributed by atoms with E-state index in [9.17, 15) is 4.79 Å². The zero-order chi connectivity index (χ0) is 12.3. The van der Waals surface area contributed by atoms with Gasteiger partial charge in [0.2, 0.25) is 0 Å². The predicted molar refractivity (Wildman–Crippen MR) is 67.1 cm³/mol. The number of carbonyl (C=O) groups is 1. The number of halogens is 1. The standard InChI is InChI=1S/C12H9BrN2O2/c1-17-12-3-2-8(4-10(12)13)11-5-9(6-16)14-7-15-11/h2-7H,1H3. The minimum Gasteiger partial charge on any atom is -0.496 e. The molecule has 0 radical (unpaired) electrons. The highest BCUT2D eigenvalue weighted by atomic mass is 79.9. The van der Waals surface area contributed by atoms with Crippen LogP contribution in [0.1, 0.15) is 10.5 Å². The lowest BCUT2D eigenvalue weighted by Crippen LogP contribution is -1.92. The summed E-state index contributed by atoms with van der Waals surface area (Å²) in [5, 5.41) is 0. The van der Waals surface area contributed by atoms with Gasteiger partial charge in [0, 0.05) is 5.56 Å². The number of carbonyl (C=O) groups excluding carboxylic acids is 1. The second kappa shape index (κ2) is 5.05. The molecule has 4 nitrogen and oxygen atoms in total. The van der Waals surface area contributed by atoms with Gasteiger partial charge in [0.1, 0.15) is 17.8 Å². The third kappa shape index (κ3) is 2.50. The zero-order valence-corrected chi connectivity index (χ0v) is 10.6. The van der Waals surface area contributed by atoms with Crippen molar-refractivity contribution in [2.24, 2.45) is 0 Å². The lowest BCUT2D eigenvalue weighted by atomic mass is 10.1. The van der Waals surface area contributed by atoms with E-state index in [1.54, 1.807) is 13.2 Å². The number of hydrogen-bond acceptors (Lipinski definition) is 4. The molecule has 0 aliphatic heterocycles. The van der Waals surface area contributed by atoms with Crippen molar-refractivity contribution in [1.29, 1.82) is 0 Å². The number of nitrogens with zero attached hydrogens (tertiary/aromatic N) is 2. The molecular weight excluding hydrogens is 284 g/mol. The van der Waals surface area contributed by atoms with E-state index in [4.69, 9.17) is 4.74 Å². The van der Waals surface area contributed by atoms with Gasteiger partial charge in [-0.1, -0.05) is 0 Å². The van der Waals surface area contributed by atoms with Crippen molar-refractivity contribution in [2.45, 2.75) is 0 Å². The maximum atomic E-state index is 10.6. The summed E-state index contributed by atoms with van der Waals surface area (Å²) in [7, 11) is 1.61. The van der Waals surface area contributed by atoms with Gasteiger partial charge in [-0.15, -0.1) is 0 Å². The minimum absolute atomic E-state index is 0.363. The molecule has 0 saturated heterocycles. The molecule has 0 spiro atoms. The predicted octanol–water partition coefficient (Wildman–Crippen LogP) is 2.73. The SMILES string of the molecule is COc1ccc(-c2cc(C=O)ncn2)cc1Br. The Morgan fingerprint density at radius 2 is 2.12 bits per heavy atom. The molecule has 0 bridgehead atoms. The summed E-state index contributed by atoms with van der Waals surface area (Å²) in [6.45, 7) is 0. The van der Waals surface area contributed by atoms with Crippen molar-refractivity contribution >= 4 is 22.2 Å². The van der Waals surface area contributed by atoms with Gasteiger partial charge in [-0.05, 0) is 40.2 Å². The van der Waals surface area contributed by atoms with Crippen molar-refractivity contribution < 1.29 is 9.53 Å². The molecule has 1 aromatic carbocycles. The summed E-state index contributed by atoms with van der Waals surface area (Å²) in [6.07, 6.45) is 2.07. The molecular formula is C12H9BrN2O2. The van der Waals surface area contributed by atoms with E-state index in [-0.39, 0.29) is 0 Å². The molecule has 0 atom stereocenters. The Hall–Kier alpha value is -1.75. The number of aromatic nitrogens is 2. The second-order valence-electron chi connectivity index (χ2n) is 3.30. The molecule has 2 aromatic rings. The monoisotopic (exact) mass is 292 g/mol. The Bertz CT molecular complexity index is 558. The Balaban J connectivity index is 2.45. The fourth-order valence-corrected chi connectivity index (χ4v) is 1.96. The molecule has 86 valence electrons. The molecule has 0 amide bonds. The fourth-order valence-electron chi connectivity index (χ4n) is 1.42. The van der Waals surface area contributed by atoms with Crippen molar-refractivity contribution in [3.8, 4) is 17.0 Å². The molecule has 1 aromatic heterocycles.